The zero-order valence-corrected chi connectivity index (χ0v) is 15.2. The van der Waals surface area contributed by atoms with Crippen molar-refractivity contribution in [1.29, 1.82) is 0 Å². The van der Waals surface area contributed by atoms with E-state index in [-0.39, 0.29) is 12.5 Å². The van der Waals surface area contributed by atoms with Gasteiger partial charge in [0.15, 0.2) is 11.6 Å². The maximum Gasteiger partial charge on any atom is 0.242 e. The third-order valence-corrected chi connectivity index (χ3v) is 4.49. The molecular formula is C19H14FN7O2. The molecule has 0 N–H and O–H groups in total. The molecule has 0 fully saturated rings. The fourth-order valence-electron chi connectivity index (χ4n) is 3.05. The van der Waals surface area contributed by atoms with E-state index < -0.39 is 5.82 Å². The Morgan fingerprint density at radius 1 is 1.21 bits per heavy atom. The van der Waals surface area contributed by atoms with Crippen molar-refractivity contribution in [1.82, 2.24) is 34.6 Å². The van der Waals surface area contributed by atoms with E-state index in [9.17, 15) is 4.39 Å². The molecule has 0 saturated heterocycles. The molecule has 4 heterocycles. The van der Waals surface area contributed by atoms with Crippen LogP contribution in [0, 0.1) is 5.82 Å². The summed E-state index contributed by atoms with van der Waals surface area (Å²) in [6, 6.07) is 8.17. The molecule has 0 atom stereocenters. The molecule has 5 aromatic rings. The van der Waals surface area contributed by atoms with Crippen LogP contribution in [-0.2, 0) is 13.7 Å². The highest BCUT2D eigenvalue weighted by atomic mass is 19.1. The lowest BCUT2D eigenvalue weighted by molar-refractivity contribution is 0.278. The first kappa shape index (κ1) is 17.0. The number of hydrogen-bond donors (Lipinski definition) is 0. The van der Waals surface area contributed by atoms with Gasteiger partial charge in [0.1, 0.15) is 30.5 Å². The minimum Gasteiger partial charge on any atom is -0.472 e. The number of rotatable bonds is 5. The van der Waals surface area contributed by atoms with Gasteiger partial charge in [0, 0.05) is 12.6 Å². The largest absolute Gasteiger partial charge is 0.472 e. The van der Waals surface area contributed by atoms with E-state index in [1.165, 1.54) is 31.1 Å². The molecule has 0 radical (unpaired) electrons. The Kier molecular flexibility index (Phi) is 4.01. The van der Waals surface area contributed by atoms with Crippen LogP contribution in [0.25, 0.3) is 28.0 Å². The molecule has 5 rings (SSSR count). The Balaban J connectivity index is 1.70. The van der Waals surface area contributed by atoms with Crippen molar-refractivity contribution in [3.63, 3.8) is 0 Å². The number of benzene rings is 1. The van der Waals surface area contributed by atoms with Crippen molar-refractivity contribution in [2.45, 2.75) is 6.61 Å². The van der Waals surface area contributed by atoms with E-state index in [4.69, 9.17) is 9.15 Å². The molecule has 0 aliphatic heterocycles. The highest BCUT2D eigenvalue weighted by Crippen LogP contribution is 2.36. The number of nitrogens with zero attached hydrogens (tertiary/aromatic N) is 7. The number of furan rings is 1. The van der Waals surface area contributed by atoms with Gasteiger partial charge in [0.05, 0.1) is 23.6 Å². The molecule has 10 heteroatoms. The minimum absolute atomic E-state index is 0.115. The van der Waals surface area contributed by atoms with E-state index in [2.05, 4.69) is 25.4 Å². The summed E-state index contributed by atoms with van der Waals surface area (Å²) in [7, 11) is 1.76. The molecule has 0 aliphatic rings. The summed E-state index contributed by atoms with van der Waals surface area (Å²) < 4.78 is 28.9. The van der Waals surface area contributed by atoms with Gasteiger partial charge in [-0.15, -0.1) is 10.2 Å². The first-order valence-electron chi connectivity index (χ1n) is 8.70. The molecule has 0 bridgehead atoms. The molecule has 1 aromatic carbocycles. The van der Waals surface area contributed by atoms with E-state index >= 15 is 0 Å². The smallest absolute Gasteiger partial charge is 0.242 e. The molecule has 0 saturated carbocycles. The van der Waals surface area contributed by atoms with Gasteiger partial charge in [-0.1, -0.05) is 18.2 Å². The van der Waals surface area contributed by atoms with Crippen molar-refractivity contribution >= 4 is 5.52 Å². The summed E-state index contributed by atoms with van der Waals surface area (Å²) in [6.45, 7) is 0.115. The van der Waals surface area contributed by atoms with E-state index in [1.54, 1.807) is 40.5 Å². The maximum atomic E-state index is 14.6. The molecular weight excluding hydrogens is 377 g/mol. The number of ether oxygens (including phenoxy) is 1. The lowest BCUT2D eigenvalue weighted by Crippen LogP contribution is -2.05. The second kappa shape index (κ2) is 6.82. The van der Waals surface area contributed by atoms with Crippen molar-refractivity contribution in [3.8, 4) is 28.4 Å². The SMILES string of the molecule is Cn1ncnc1COc1nn2c(-c3ccoc3)nncc2c1-c1ccccc1F. The Morgan fingerprint density at radius 2 is 2.10 bits per heavy atom. The summed E-state index contributed by atoms with van der Waals surface area (Å²) in [5.74, 6) is 0.889. The molecule has 144 valence electrons. The third-order valence-electron chi connectivity index (χ3n) is 4.49. The average molecular weight is 391 g/mol. The van der Waals surface area contributed by atoms with Crippen LogP contribution in [-0.4, -0.2) is 34.6 Å². The second-order valence-electron chi connectivity index (χ2n) is 6.23. The van der Waals surface area contributed by atoms with Crippen molar-refractivity contribution in [3.05, 3.63) is 67.0 Å². The van der Waals surface area contributed by atoms with Gasteiger partial charge < -0.3 is 9.15 Å². The van der Waals surface area contributed by atoms with Gasteiger partial charge >= 0.3 is 0 Å². The first-order valence-corrected chi connectivity index (χ1v) is 8.70. The van der Waals surface area contributed by atoms with Gasteiger partial charge in [0.25, 0.3) is 0 Å². The number of halogens is 1. The van der Waals surface area contributed by atoms with E-state index in [1.807, 2.05) is 0 Å². The molecule has 0 spiro atoms. The number of aryl methyl sites for hydroxylation is 1. The quantitative estimate of drug-likeness (QED) is 0.454. The van der Waals surface area contributed by atoms with Gasteiger partial charge in [0.2, 0.25) is 5.88 Å². The Labute approximate surface area is 163 Å². The zero-order chi connectivity index (χ0) is 19.8. The topological polar surface area (TPSA) is 96.2 Å². The van der Waals surface area contributed by atoms with Crippen LogP contribution >= 0.6 is 0 Å². The summed E-state index contributed by atoms with van der Waals surface area (Å²) >= 11 is 0. The summed E-state index contributed by atoms with van der Waals surface area (Å²) in [5.41, 5.74) is 2.06. The van der Waals surface area contributed by atoms with Crippen LogP contribution in [0.15, 0.2) is 59.8 Å². The zero-order valence-electron chi connectivity index (χ0n) is 15.2. The fraction of sp³-hybridized carbons (Fsp3) is 0.105. The monoisotopic (exact) mass is 391 g/mol. The highest BCUT2D eigenvalue weighted by Gasteiger charge is 2.22. The average Bonchev–Trinajstić information content (AvgIpc) is 3.46. The van der Waals surface area contributed by atoms with Crippen molar-refractivity contribution < 1.29 is 13.5 Å². The van der Waals surface area contributed by atoms with Crippen molar-refractivity contribution in [2.24, 2.45) is 7.05 Å². The van der Waals surface area contributed by atoms with E-state index in [0.717, 1.165) is 0 Å². The van der Waals surface area contributed by atoms with Crippen LogP contribution < -0.4 is 4.74 Å². The highest BCUT2D eigenvalue weighted by molar-refractivity contribution is 5.85. The minimum atomic E-state index is -0.396. The van der Waals surface area contributed by atoms with Crippen molar-refractivity contribution in [2.75, 3.05) is 0 Å². The van der Waals surface area contributed by atoms with Gasteiger partial charge in [-0.05, 0) is 12.1 Å². The Morgan fingerprint density at radius 3 is 2.86 bits per heavy atom. The van der Waals surface area contributed by atoms with Gasteiger partial charge in [-0.25, -0.2) is 13.9 Å². The predicted molar refractivity (Wildman–Crippen MR) is 99.2 cm³/mol. The van der Waals surface area contributed by atoms with Gasteiger partial charge in [-0.2, -0.15) is 10.2 Å². The third kappa shape index (κ3) is 2.90. The lowest BCUT2D eigenvalue weighted by Gasteiger charge is -2.06. The van der Waals surface area contributed by atoms with Crippen LogP contribution in [0.1, 0.15) is 5.82 Å². The predicted octanol–water partition coefficient (Wildman–Crippen LogP) is 2.90. The van der Waals surface area contributed by atoms with Crippen LogP contribution in [0.2, 0.25) is 0 Å². The molecule has 29 heavy (non-hydrogen) atoms. The number of hydrogen-bond acceptors (Lipinski definition) is 7. The number of aromatic nitrogens is 7. The normalized spacial score (nSPS) is 11.2. The second-order valence-corrected chi connectivity index (χ2v) is 6.23. The van der Waals surface area contributed by atoms with Crippen LogP contribution in [0.3, 0.4) is 0 Å². The van der Waals surface area contributed by atoms with Gasteiger partial charge in [-0.3, -0.25) is 4.68 Å². The summed E-state index contributed by atoms with van der Waals surface area (Å²) in [6.07, 6.45) is 6.02. The molecule has 0 unspecified atom stereocenters. The molecule has 9 nitrogen and oxygen atoms in total. The summed E-state index contributed by atoms with van der Waals surface area (Å²) in [5, 5.41) is 16.8. The van der Waals surface area contributed by atoms with Crippen LogP contribution in [0.5, 0.6) is 5.88 Å². The number of fused-ring (bicyclic) bond motifs is 1. The molecule has 4 aromatic heterocycles. The Hall–Kier alpha value is -4.08. The van der Waals surface area contributed by atoms with E-state index in [0.29, 0.717) is 33.9 Å². The first-order chi connectivity index (χ1) is 14.2. The standard InChI is InChI=1S/C19H14FN7O2/c1-26-16(21-11-23-26)10-29-19-17(13-4-2-3-5-14(13)20)15-8-22-24-18(27(15)25-19)12-6-7-28-9-12/h2-9,11H,10H2,1H3. The summed E-state index contributed by atoms with van der Waals surface area (Å²) in [4.78, 5) is 4.14. The molecule has 0 amide bonds. The maximum absolute atomic E-state index is 14.6. The fourth-order valence-corrected chi connectivity index (χ4v) is 3.05. The van der Waals surface area contributed by atoms with Crippen LogP contribution in [0.4, 0.5) is 4.39 Å². The Bertz CT molecular complexity index is 1290. The lowest BCUT2D eigenvalue weighted by atomic mass is 10.1. The molecule has 0 aliphatic carbocycles.